The number of aromatic carboxylic acids is 1. The predicted molar refractivity (Wildman–Crippen MR) is 86.2 cm³/mol. The van der Waals surface area contributed by atoms with Crippen molar-refractivity contribution in [2.45, 2.75) is 4.90 Å². The van der Waals surface area contributed by atoms with Crippen LogP contribution in [0, 0.1) is 0 Å². The van der Waals surface area contributed by atoms with Gasteiger partial charge in [-0.15, -0.1) is 11.3 Å². The summed E-state index contributed by atoms with van der Waals surface area (Å²) in [5.74, 6) is -1.20. The Morgan fingerprint density at radius 2 is 1.95 bits per heavy atom. The smallest absolute Gasteiger partial charge is 0.345 e. The van der Waals surface area contributed by atoms with Gasteiger partial charge in [-0.1, -0.05) is 23.2 Å². The van der Waals surface area contributed by atoms with Crippen LogP contribution in [0.3, 0.4) is 0 Å². The second kappa shape index (κ2) is 6.13. The molecule has 0 saturated carbocycles. The summed E-state index contributed by atoms with van der Waals surface area (Å²) in [7, 11) is -3.97. The molecule has 2 N–H and O–H groups in total. The zero-order valence-corrected chi connectivity index (χ0v) is 14.7. The van der Waals surface area contributed by atoms with Gasteiger partial charge in [0, 0.05) is 5.02 Å². The normalized spacial score (nSPS) is 11.4. The fourth-order valence-corrected chi connectivity index (χ4v) is 5.41. The van der Waals surface area contributed by atoms with Crippen LogP contribution in [0.15, 0.2) is 32.9 Å². The zero-order chi connectivity index (χ0) is 15.8. The van der Waals surface area contributed by atoms with Gasteiger partial charge in [0.1, 0.15) is 9.77 Å². The molecule has 21 heavy (non-hydrogen) atoms. The van der Waals surface area contributed by atoms with Crippen LogP contribution in [0.2, 0.25) is 10.0 Å². The molecule has 1 aromatic heterocycles. The number of halogens is 3. The van der Waals surface area contributed by atoms with Crippen LogP contribution in [-0.4, -0.2) is 19.5 Å². The minimum absolute atomic E-state index is 0.0931. The van der Waals surface area contributed by atoms with Crippen LogP contribution in [0.1, 0.15) is 9.67 Å². The van der Waals surface area contributed by atoms with Crippen molar-refractivity contribution >= 4 is 72.1 Å². The van der Waals surface area contributed by atoms with Crippen molar-refractivity contribution in [1.29, 1.82) is 0 Å². The van der Waals surface area contributed by atoms with E-state index in [0.29, 0.717) is 5.02 Å². The highest BCUT2D eigenvalue weighted by molar-refractivity contribution is 9.11. The van der Waals surface area contributed by atoms with Gasteiger partial charge in [0.05, 0.1) is 14.5 Å². The summed E-state index contributed by atoms with van der Waals surface area (Å²) in [5.41, 5.74) is 0.149. The summed E-state index contributed by atoms with van der Waals surface area (Å²) in [6.45, 7) is 0. The lowest BCUT2D eigenvalue weighted by atomic mass is 10.3. The maximum atomic E-state index is 12.3. The summed E-state index contributed by atoms with van der Waals surface area (Å²) in [6.07, 6.45) is 0. The van der Waals surface area contributed by atoms with Crippen molar-refractivity contribution in [2.24, 2.45) is 0 Å². The third-order valence-corrected chi connectivity index (χ3v) is 6.48. The number of anilines is 1. The van der Waals surface area contributed by atoms with Gasteiger partial charge in [-0.2, -0.15) is 0 Å². The maximum absolute atomic E-state index is 12.3. The molecular weight excluding hydrogens is 425 g/mol. The molecule has 0 radical (unpaired) electrons. The molecule has 1 aromatic carbocycles. The van der Waals surface area contributed by atoms with E-state index in [4.69, 9.17) is 28.3 Å². The van der Waals surface area contributed by atoms with E-state index >= 15 is 0 Å². The molecule has 0 unspecified atom stereocenters. The van der Waals surface area contributed by atoms with Gasteiger partial charge in [0.15, 0.2) is 0 Å². The molecule has 0 amide bonds. The number of sulfonamides is 1. The highest BCUT2D eigenvalue weighted by Crippen LogP contribution is 2.34. The number of carboxylic acids is 1. The molecule has 0 saturated heterocycles. The van der Waals surface area contributed by atoms with Gasteiger partial charge in [-0.05, 0) is 40.2 Å². The Hall–Kier alpha value is -0.800. The molecule has 0 atom stereocenters. The van der Waals surface area contributed by atoms with Crippen LogP contribution in [0.4, 0.5) is 5.69 Å². The molecule has 2 rings (SSSR count). The molecule has 0 spiro atoms. The van der Waals surface area contributed by atoms with Gasteiger partial charge < -0.3 is 5.11 Å². The highest BCUT2D eigenvalue weighted by atomic mass is 79.9. The van der Waals surface area contributed by atoms with E-state index < -0.39 is 16.0 Å². The summed E-state index contributed by atoms with van der Waals surface area (Å²) in [5, 5.41) is 9.39. The van der Waals surface area contributed by atoms with Crippen LogP contribution < -0.4 is 4.72 Å². The molecule has 112 valence electrons. The predicted octanol–water partition coefficient (Wildman–Crippen LogP) is 4.32. The number of hydrogen-bond donors (Lipinski definition) is 2. The van der Waals surface area contributed by atoms with Crippen LogP contribution in [0.25, 0.3) is 0 Å². The van der Waals surface area contributed by atoms with E-state index in [9.17, 15) is 13.2 Å². The van der Waals surface area contributed by atoms with E-state index in [1.165, 1.54) is 18.2 Å². The Balaban J connectivity index is 2.41. The van der Waals surface area contributed by atoms with Crippen molar-refractivity contribution in [3.05, 3.63) is 43.0 Å². The first-order valence-electron chi connectivity index (χ1n) is 5.21. The Morgan fingerprint density at radius 3 is 2.48 bits per heavy atom. The molecule has 10 heteroatoms. The lowest BCUT2D eigenvalue weighted by Crippen LogP contribution is -2.13. The molecule has 0 aliphatic rings. The topological polar surface area (TPSA) is 83.5 Å². The number of thiophene rings is 1. The van der Waals surface area contributed by atoms with Gasteiger partial charge in [0.2, 0.25) is 0 Å². The molecule has 1 heterocycles. The second-order valence-electron chi connectivity index (χ2n) is 3.78. The lowest BCUT2D eigenvalue weighted by molar-refractivity contribution is 0.0702. The van der Waals surface area contributed by atoms with Crippen molar-refractivity contribution < 1.29 is 18.3 Å². The summed E-state index contributed by atoms with van der Waals surface area (Å²) in [6, 6.07) is 5.37. The van der Waals surface area contributed by atoms with E-state index in [1.54, 1.807) is 0 Å². The molecule has 5 nitrogen and oxygen atoms in total. The second-order valence-corrected chi connectivity index (χ2v) is 8.65. The van der Waals surface area contributed by atoms with E-state index in [0.717, 1.165) is 17.4 Å². The summed E-state index contributed by atoms with van der Waals surface area (Å²) in [4.78, 5) is 10.6. The fraction of sp³-hybridized carbons (Fsp3) is 0. The fourth-order valence-electron chi connectivity index (χ4n) is 1.41. The molecule has 0 aliphatic heterocycles. The largest absolute Gasteiger partial charge is 0.477 e. The third-order valence-electron chi connectivity index (χ3n) is 2.33. The summed E-state index contributed by atoms with van der Waals surface area (Å²) < 4.78 is 27.0. The van der Waals surface area contributed by atoms with Gasteiger partial charge in [-0.25, -0.2) is 13.2 Å². The van der Waals surface area contributed by atoms with Crippen molar-refractivity contribution in [2.75, 3.05) is 4.72 Å². The van der Waals surface area contributed by atoms with Gasteiger partial charge >= 0.3 is 5.97 Å². The first-order chi connectivity index (χ1) is 9.70. The van der Waals surface area contributed by atoms with Crippen LogP contribution in [0.5, 0.6) is 0 Å². The Bertz CT molecular complexity index is 820. The van der Waals surface area contributed by atoms with Crippen molar-refractivity contribution in [1.82, 2.24) is 0 Å². The number of benzene rings is 1. The SMILES string of the molecule is O=C(O)c1cc(S(=O)(=O)Nc2ccc(Cl)cc2Cl)c(Br)s1. The zero-order valence-electron chi connectivity index (χ0n) is 9.93. The Labute approximate surface area is 142 Å². The van der Waals surface area contributed by atoms with Crippen LogP contribution in [-0.2, 0) is 10.0 Å². The monoisotopic (exact) mass is 429 g/mol. The average Bonchev–Trinajstić information content (AvgIpc) is 2.76. The van der Waals surface area contributed by atoms with E-state index in [-0.39, 0.29) is 24.3 Å². The standard InChI is InChI=1S/C11H6BrCl2NO4S2/c12-10-9(4-8(20-10)11(16)17)21(18,19)15-7-2-1-5(13)3-6(7)14/h1-4,15H,(H,16,17). The molecule has 0 fully saturated rings. The van der Waals surface area contributed by atoms with E-state index in [2.05, 4.69) is 20.7 Å². The number of carboxylic acid groups (broad SMARTS) is 1. The molecule has 0 bridgehead atoms. The number of carbonyl (C=O) groups is 1. The lowest BCUT2D eigenvalue weighted by Gasteiger charge is -2.09. The summed E-state index contributed by atoms with van der Waals surface area (Å²) >= 11 is 15.5. The Morgan fingerprint density at radius 1 is 1.29 bits per heavy atom. The number of rotatable bonds is 4. The number of hydrogen-bond acceptors (Lipinski definition) is 4. The molecular formula is C11H6BrCl2NO4S2. The van der Waals surface area contributed by atoms with Gasteiger partial charge in [-0.3, -0.25) is 4.72 Å². The highest BCUT2D eigenvalue weighted by Gasteiger charge is 2.24. The van der Waals surface area contributed by atoms with Crippen molar-refractivity contribution in [3.63, 3.8) is 0 Å². The third kappa shape index (κ3) is 3.70. The quantitative estimate of drug-likeness (QED) is 0.756. The molecule has 2 aromatic rings. The average molecular weight is 431 g/mol. The van der Waals surface area contributed by atoms with Crippen LogP contribution >= 0.6 is 50.5 Å². The van der Waals surface area contributed by atoms with Crippen molar-refractivity contribution in [3.8, 4) is 0 Å². The Kier molecular flexibility index (Phi) is 4.84. The van der Waals surface area contributed by atoms with E-state index in [1.807, 2.05) is 0 Å². The number of nitrogens with one attached hydrogen (secondary N) is 1. The minimum Gasteiger partial charge on any atom is -0.477 e. The first-order valence-corrected chi connectivity index (χ1v) is 9.06. The maximum Gasteiger partial charge on any atom is 0.345 e. The first kappa shape index (κ1) is 16.6. The minimum atomic E-state index is -3.97. The van der Waals surface area contributed by atoms with Gasteiger partial charge in [0.25, 0.3) is 10.0 Å². The molecule has 0 aliphatic carbocycles.